The number of nitrogens with two attached hydrogens (primary N) is 1. The minimum atomic E-state index is -0.252. The molecule has 2 atom stereocenters. The lowest BCUT2D eigenvalue weighted by Crippen LogP contribution is -2.39. The molecule has 0 saturated carbocycles. The average molecular weight is 377 g/mol. The average Bonchev–Trinajstić information content (AvgIpc) is 2.65. The van der Waals surface area contributed by atoms with Gasteiger partial charge in [-0.25, -0.2) is 4.39 Å². The van der Waals surface area contributed by atoms with Gasteiger partial charge in [-0.05, 0) is 55.3 Å². The third kappa shape index (κ3) is 5.36. The first-order chi connectivity index (χ1) is 12.6. The molecular formula is C20H26ClFN4. The maximum atomic E-state index is 13.4. The fraction of sp³-hybridized carbons (Fsp3) is 0.350. The second kappa shape index (κ2) is 10.0. The fourth-order valence-electron chi connectivity index (χ4n) is 3.07. The fourth-order valence-corrected chi connectivity index (χ4v) is 3.19. The maximum absolute atomic E-state index is 13.4. The number of hydrogen-bond donors (Lipinski definition) is 2. The van der Waals surface area contributed by atoms with Crippen molar-refractivity contribution in [1.29, 1.82) is 0 Å². The van der Waals surface area contributed by atoms with Crippen molar-refractivity contribution >= 4 is 23.6 Å². The first-order valence-electron chi connectivity index (χ1n) is 8.87. The predicted octanol–water partition coefficient (Wildman–Crippen LogP) is 5.02. The Hall–Kier alpha value is -2.27. The molecule has 0 bridgehead atoms. The summed E-state index contributed by atoms with van der Waals surface area (Å²) in [4.78, 5) is 0. The van der Waals surface area contributed by atoms with Gasteiger partial charge in [0.2, 0.25) is 0 Å². The van der Waals surface area contributed by atoms with Gasteiger partial charge in [-0.1, -0.05) is 37.1 Å². The van der Waals surface area contributed by atoms with Crippen LogP contribution < -0.4 is 11.1 Å². The zero-order chi connectivity index (χ0) is 18.9. The highest BCUT2D eigenvalue weighted by molar-refractivity contribution is 6.30. The number of nitrogens with one attached hydrogen (secondary N) is 1. The van der Waals surface area contributed by atoms with Crippen molar-refractivity contribution in [3.05, 3.63) is 64.9 Å². The first-order valence-corrected chi connectivity index (χ1v) is 9.25. The van der Waals surface area contributed by atoms with Crippen molar-refractivity contribution in [3.63, 3.8) is 0 Å². The lowest BCUT2D eigenvalue weighted by atomic mass is 9.94. The van der Waals surface area contributed by atoms with E-state index in [0.29, 0.717) is 5.02 Å². The minimum Gasteiger partial charge on any atom is -0.388 e. The lowest BCUT2D eigenvalue weighted by Gasteiger charge is -2.36. The number of benzene rings is 2. The largest absolute Gasteiger partial charge is 0.388 e. The van der Waals surface area contributed by atoms with Crippen LogP contribution in [0.25, 0.3) is 0 Å². The second-order valence-corrected chi connectivity index (χ2v) is 6.49. The van der Waals surface area contributed by atoms with Crippen molar-refractivity contribution in [2.24, 2.45) is 10.8 Å². The molecule has 0 radical (unpaired) electrons. The third-order valence-electron chi connectivity index (χ3n) is 4.29. The maximum Gasteiger partial charge on any atom is 0.123 e. The van der Waals surface area contributed by atoms with E-state index in [1.807, 2.05) is 48.3 Å². The van der Waals surface area contributed by atoms with Crippen LogP contribution in [0.4, 0.5) is 10.1 Å². The molecule has 0 spiro atoms. The normalized spacial score (nSPS) is 13.5. The molecule has 0 aromatic heterocycles. The second-order valence-electron chi connectivity index (χ2n) is 6.06. The van der Waals surface area contributed by atoms with E-state index in [1.165, 1.54) is 18.5 Å². The summed E-state index contributed by atoms with van der Waals surface area (Å²) >= 11 is 6.00. The summed E-state index contributed by atoms with van der Waals surface area (Å²) in [5.74, 6) is -0.252. The van der Waals surface area contributed by atoms with Gasteiger partial charge in [0.25, 0.3) is 0 Å². The van der Waals surface area contributed by atoms with Gasteiger partial charge in [-0.2, -0.15) is 5.10 Å². The van der Waals surface area contributed by atoms with E-state index in [-0.39, 0.29) is 17.9 Å². The highest BCUT2D eigenvalue weighted by Crippen LogP contribution is 2.29. The molecule has 26 heavy (non-hydrogen) atoms. The van der Waals surface area contributed by atoms with Crippen LogP contribution in [-0.2, 0) is 0 Å². The molecule has 0 aliphatic carbocycles. The van der Waals surface area contributed by atoms with Gasteiger partial charge in [-0.3, -0.25) is 5.01 Å². The molecule has 3 N–H and O–H groups in total. The highest BCUT2D eigenvalue weighted by Gasteiger charge is 2.27. The summed E-state index contributed by atoms with van der Waals surface area (Å²) in [6.45, 7) is 4.90. The van der Waals surface area contributed by atoms with E-state index in [9.17, 15) is 4.39 Å². The van der Waals surface area contributed by atoms with Crippen LogP contribution in [0.15, 0.2) is 53.6 Å². The van der Waals surface area contributed by atoms with Crippen molar-refractivity contribution in [1.82, 2.24) is 5.01 Å². The van der Waals surface area contributed by atoms with Crippen LogP contribution in [-0.4, -0.2) is 23.9 Å². The van der Waals surface area contributed by atoms with Gasteiger partial charge in [0, 0.05) is 17.3 Å². The Morgan fingerprint density at radius 3 is 2.35 bits per heavy atom. The van der Waals surface area contributed by atoms with E-state index < -0.39 is 0 Å². The van der Waals surface area contributed by atoms with Crippen molar-refractivity contribution in [2.75, 3.05) is 11.9 Å². The van der Waals surface area contributed by atoms with Crippen LogP contribution in [0.2, 0.25) is 5.02 Å². The number of hydrogen-bond acceptors (Lipinski definition) is 3. The van der Waals surface area contributed by atoms with Crippen molar-refractivity contribution in [3.8, 4) is 0 Å². The number of hydrazone groups is 1. The molecule has 0 aliphatic rings. The number of likely N-dealkylation sites (N-methyl/N-ethyl adjacent to an activating group) is 1. The van der Waals surface area contributed by atoms with Gasteiger partial charge in [-0.15, -0.1) is 0 Å². The Kier molecular flexibility index (Phi) is 7.73. The molecule has 2 aromatic carbocycles. The minimum absolute atomic E-state index is 0.0611. The molecular weight excluding hydrogens is 351 g/mol. The molecule has 0 saturated heterocycles. The molecule has 0 fully saturated rings. The van der Waals surface area contributed by atoms with Gasteiger partial charge in [0.15, 0.2) is 0 Å². The summed E-state index contributed by atoms with van der Waals surface area (Å²) in [5.41, 5.74) is 7.48. The molecule has 0 aliphatic heterocycles. The van der Waals surface area contributed by atoms with Gasteiger partial charge in [0.1, 0.15) is 12.2 Å². The van der Waals surface area contributed by atoms with Gasteiger partial charge >= 0.3 is 0 Å². The Balaban J connectivity index is 2.41. The summed E-state index contributed by atoms with van der Waals surface area (Å²) in [6.07, 6.45) is 3.21. The van der Waals surface area contributed by atoms with Crippen LogP contribution in [0, 0.1) is 5.82 Å². The molecule has 4 nitrogen and oxygen atoms in total. The lowest BCUT2D eigenvalue weighted by molar-refractivity contribution is 0.183. The van der Waals surface area contributed by atoms with E-state index >= 15 is 0 Å². The zero-order valence-electron chi connectivity index (χ0n) is 15.2. The number of anilines is 1. The Labute approximate surface area is 159 Å². The van der Waals surface area contributed by atoms with E-state index in [2.05, 4.69) is 17.3 Å². The Morgan fingerprint density at radius 1 is 1.15 bits per heavy atom. The van der Waals surface area contributed by atoms with Crippen LogP contribution >= 0.6 is 11.6 Å². The summed E-state index contributed by atoms with van der Waals surface area (Å²) < 4.78 is 13.4. The molecule has 6 heteroatoms. The quantitative estimate of drug-likeness (QED) is 0.367. The molecule has 0 heterocycles. The SMILES string of the molecule is CCCC(C(Nc1ccc(Cl)cc1)c1ccc(F)cc1)N(CC)/N=C\N. The predicted molar refractivity (Wildman–Crippen MR) is 108 cm³/mol. The van der Waals surface area contributed by atoms with Crippen LogP contribution in [0.3, 0.4) is 0 Å². The topological polar surface area (TPSA) is 53.6 Å². The van der Waals surface area contributed by atoms with E-state index in [0.717, 1.165) is 30.6 Å². The molecule has 0 amide bonds. The first kappa shape index (κ1) is 20.0. The molecule has 140 valence electrons. The number of nitrogens with zero attached hydrogens (tertiary/aromatic N) is 2. The zero-order valence-corrected chi connectivity index (χ0v) is 16.0. The third-order valence-corrected chi connectivity index (χ3v) is 4.54. The summed E-state index contributed by atoms with van der Waals surface area (Å²) in [6, 6.07) is 14.1. The Bertz CT molecular complexity index is 688. The Morgan fingerprint density at radius 2 is 1.81 bits per heavy atom. The summed E-state index contributed by atoms with van der Waals surface area (Å²) in [7, 11) is 0. The molecule has 2 rings (SSSR count). The van der Waals surface area contributed by atoms with Crippen LogP contribution in [0.1, 0.15) is 38.3 Å². The van der Waals surface area contributed by atoms with Crippen molar-refractivity contribution in [2.45, 2.75) is 38.8 Å². The standard InChI is InChI=1S/C20H26ClFN4/c1-3-5-19(26(4-2)24-14-23)20(15-6-10-17(22)11-7-15)25-18-12-8-16(21)9-13-18/h6-14,19-20,25H,3-5H2,1-2H3,(H2,23,24). The van der Waals surface area contributed by atoms with E-state index in [4.69, 9.17) is 17.3 Å². The monoisotopic (exact) mass is 376 g/mol. The van der Waals surface area contributed by atoms with Gasteiger partial charge in [0.05, 0.1) is 12.1 Å². The smallest absolute Gasteiger partial charge is 0.123 e. The van der Waals surface area contributed by atoms with Crippen molar-refractivity contribution < 1.29 is 4.39 Å². The summed E-state index contributed by atoms with van der Waals surface area (Å²) in [5, 5.41) is 10.5. The van der Waals surface area contributed by atoms with Crippen LogP contribution in [0.5, 0.6) is 0 Å². The van der Waals surface area contributed by atoms with E-state index in [1.54, 1.807) is 0 Å². The molecule has 2 aromatic rings. The van der Waals surface area contributed by atoms with Gasteiger partial charge < -0.3 is 11.1 Å². The number of halogens is 2. The molecule has 2 unspecified atom stereocenters. The highest BCUT2D eigenvalue weighted by atomic mass is 35.5. The number of rotatable bonds is 9.